The third-order valence-corrected chi connectivity index (χ3v) is 3.82. The summed E-state index contributed by atoms with van der Waals surface area (Å²) in [6, 6.07) is 10.1. The molecule has 1 heterocycles. The Balaban J connectivity index is 2.58. The first-order valence-corrected chi connectivity index (χ1v) is 6.13. The summed E-state index contributed by atoms with van der Waals surface area (Å²) < 4.78 is 5.40. The van der Waals surface area contributed by atoms with Crippen LogP contribution in [0.4, 0.5) is 0 Å². The number of nitriles is 1. The third-order valence-electron chi connectivity index (χ3n) is 2.80. The third kappa shape index (κ3) is 2.17. The number of benzene rings is 1. The molecule has 2 rings (SSSR count). The van der Waals surface area contributed by atoms with Crippen LogP contribution in [-0.2, 0) is 0 Å². The summed E-state index contributed by atoms with van der Waals surface area (Å²) in [7, 11) is 1.67. The van der Waals surface area contributed by atoms with Gasteiger partial charge in [-0.05, 0) is 49.2 Å². The van der Waals surface area contributed by atoms with Crippen molar-refractivity contribution in [1.29, 1.82) is 5.26 Å². The number of methoxy groups -OCH3 is 1. The first-order chi connectivity index (χ1) is 8.15. The molecule has 17 heavy (non-hydrogen) atoms. The molecule has 0 saturated carbocycles. The van der Waals surface area contributed by atoms with Crippen molar-refractivity contribution < 1.29 is 4.74 Å². The van der Waals surface area contributed by atoms with E-state index in [4.69, 9.17) is 10.00 Å². The Hall–Kier alpha value is -1.79. The molecule has 0 atom stereocenters. The quantitative estimate of drug-likeness (QED) is 0.801. The van der Waals surface area contributed by atoms with Crippen LogP contribution in [0.15, 0.2) is 24.3 Å². The van der Waals surface area contributed by atoms with Crippen LogP contribution in [0, 0.1) is 25.2 Å². The zero-order valence-corrected chi connectivity index (χ0v) is 10.9. The number of thiophene rings is 1. The van der Waals surface area contributed by atoms with Crippen LogP contribution < -0.4 is 4.74 Å². The number of hydrogen-bond donors (Lipinski definition) is 0. The molecule has 1 aromatic heterocycles. The standard InChI is InChI=1S/C14H13NOS/c1-9-6-12(13(16-3)7-10(9)2)14-5-4-11(8-15)17-14/h4-7H,1-3H3. The van der Waals surface area contributed by atoms with E-state index >= 15 is 0 Å². The van der Waals surface area contributed by atoms with Gasteiger partial charge >= 0.3 is 0 Å². The van der Waals surface area contributed by atoms with Gasteiger partial charge in [0.25, 0.3) is 0 Å². The average Bonchev–Trinajstić information content (AvgIpc) is 2.80. The van der Waals surface area contributed by atoms with Crippen LogP contribution in [-0.4, -0.2) is 7.11 Å². The maximum absolute atomic E-state index is 8.85. The Labute approximate surface area is 105 Å². The fourth-order valence-electron chi connectivity index (χ4n) is 1.69. The highest BCUT2D eigenvalue weighted by molar-refractivity contribution is 7.16. The van der Waals surface area contributed by atoms with Gasteiger partial charge in [-0.2, -0.15) is 5.26 Å². The fraction of sp³-hybridized carbons (Fsp3) is 0.214. The average molecular weight is 243 g/mol. The van der Waals surface area contributed by atoms with E-state index in [9.17, 15) is 0 Å². The molecular formula is C14H13NOS. The number of hydrogen-bond acceptors (Lipinski definition) is 3. The Kier molecular flexibility index (Phi) is 3.16. The van der Waals surface area contributed by atoms with Gasteiger partial charge in [0.1, 0.15) is 16.7 Å². The van der Waals surface area contributed by atoms with E-state index in [0.717, 1.165) is 21.1 Å². The minimum atomic E-state index is 0.722. The van der Waals surface area contributed by atoms with Crippen molar-refractivity contribution in [3.63, 3.8) is 0 Å². The van der Waals surface area contributed by atoms with E-state index in [-0.39, 0.29) is 0 Å². The van der Waals surface area contributed by atoms with Crippen LogP contribution in [0.1, 0.15) is 16.0 Å². The SMILES string of the molecule is COc1cc(C)c(C)cc1-c1ccc(C#N)s1. The maximum Gasteiger partial charge on any atom is 0.127 e. The van der Waals surface area contributed by atoms with Crippen LogP contribution >= 0.6 is 11.3 Å². The molecule has 0 aliphatic carbocycles. The molecule has 0 amide bonds. The summed E-state index contributed by atoms with van der Waals surface area (Å²) in [5, 5.41) is 8.85. The van der Waals surface area contributed by atoms with Gasteiger partial charge in [-0.3, -0.25) is 0 Å². The molecule has 0 bridgehead atoms. The van der Waals surface area contributed by atoms with Gasteiger partial charge < -0.3 is 4.74 Å². The van der Waals surface area contributed by atoms with Gasteiger partial charge in [0, 0.05) is 10.4 Å². The normalized spacial score (nSPS) is 10.0. The van der Waals surface area contributed by atoms with Crippen molar-refractivity contribution >= 4 is 11.3 Å². The molecule has 0 saturated heterocycles. The lowest BCUT2D eigenvalue weighted by Crippen LogP contribution is -1.90. The van der Waals surface area contributed by atoms with E-state index in [1.807, 2.05) is 18.2 Å². The van der Waals surface area contributed by atoms with Crippen molar-refractivity contribution in [2.24, 2.45) is 0 Å². The summed E-state index contributed by atoms with van der Waals surface area (Å²) in [6.45, 7) is 4.15. The molecule has 0 aliphatic heterocycles. The summed E-state index contributed by atoms with van der Waals surface area (Å²) in [6.07, 6.45) is 0. The summed E-state index contributed by atoms with van der Waals surface area (Å²) in [4.78, 5) is 1.79. The zero-order chi connectivity index (χ0) is 12.4. The van der Waals surface area contributed by atoms with E-state index < -0.39 is 0 Å². The fourth-order valence-corrected chi connectivity index (χ4v) is 2.52. The lowest BCUT2D eigenvalue weighted by Gasteiger charge is -2.10. The second-order valence-electron chi connectivity index (χ2n) is 3.91. The van der Waals surface area contributed by atoms with Crippen LogP contribution in [0.25, 0.3) is 10.4 Å². The van der Waals surface area contributed by atoms with Crippen molar-refractivity contribution in [2.45, 2.75) is 13.8 Å². The van der Waals surface area contributed by atoms with Gasteiger partial charge in [-0.25, -0.2) is 0 Å². The molecule has 0 fully saturated rings. The number of aryl methyl sites for hydroxylation is 2. The smallest absolute Gasteiger partial charge is 0.127 e. The Bertz CT molecular complexity index is 593. The predicted octanol–water partition coefficient (Wildman–Crippen LogP) is 3.91. The van der Waals surface area contributed by atoms with E-state index in [1.54, 1.807) is 7.11 Å². The minimum absolute atomic E-state index is 0.722. The molecule has 2 aromatic rings. The number of nitrogens with zero attached hydrogens (tertiary/aromatic N) is 1. The highest BCUT2D eigenvalue weighted by Crippen LogP contribution is 2.36. The molecule has 2 nitrogen and oxygen atoms in total. The number of ether oxygens (including phenoxy) is 1. The molecule has 0 aliphatic rings. The van der Waals surface area contributed by atoms with Gasteiger partial charge in [-0.1, -0.05) is 0 Å². The van der Waals surface area contributed by atoms with Gasteiger partial charge in [0.05, 0.1) is 7.11 Å². The molecule has 3 heteroatoms. The van der Waals surface area contributed by atoms with E-state index in [2.05, 4.69) is 26.0 Å². The second kappa shape index (κ2) is 4.60. The minimum Gasteiger partial charge on any atom is -0.496 e. The molecule has 0 unspecified atom stereocenters. The van der Waals surface area contributed by atoms with Gasteiger partial charge in [0.15, 0.2) is 0 Å². The van der Waals surface area contributed by atoms with Crippen molar-refractivity contribution in [2.75, 3.05) is 7.11 Å². The molecule has 0 N–H and O–H groups in total. The largest absolute Gasteiger partial charge is 0.496 e. The molecule has 0 radical (unpaired) electrons. The summed E-state index contributed by atoms with van der Waals surface area (Å²) in [5.74, 6) is 0.861. The number of rotatable bonds is 2. The van der Waals surface area contributed by atoms with Crippen LogP contribution in [0.3, 0.4) is 0 Å². The van der Waals surface area contributed by atoms with E-state index in [0.29, 0.717) is 0 Å². The Morgan fingerprint density at radius 1 is 1.18 bits per heavy atom. The Morgan fingerprint density at radius 2 is 1.88 bits per heavy atom. The van der Waals surface area contributed by atoms with Gasteiger partial charge in [-0.15, -0.1) is 11.3 Å². The zero-order valence-electron chi connectivity index (χ0n) is 10.1. The molecule has 1 aromatic carbocycles. The maximum atomic E-state index is 8.85. The monoisotopic (exact) mass is 243 g/mol. The second-order valence-corrected chi connectivity index (χ2v) is 5.00. The molecule has 0 spiro atoms. The van der Waals surface area contributed by atoms with E-state index in [1.165, 1.54) is 22.5 Å². The lowest BCUT2D eigenvalue weighted by molar-refractivity contribution is 0.416. The topological polar surface area (TPSA) is 33.0 Å². The predicted molar refractivity (Wildman–Crippen MR) is 70.5 cm³/mol. The van der Waals surface area contributed by atoms with Crippen molar-refractivity contribution in [1.82, 2.24) is 0 Å². The summed E-state index contributed by atoms with van der Waals surface area (Å²) in [5.41, 5.74) is 3.50. The van der Waals surface area contributed by atoms with Crippen molar-refractivity contribution in [3.05, 3.63) is 40.3 Å². The van der Waals surface area contributed by atoms with Crippen LogP contribution in [0.2, 0.25) is 0 Å². The Morgan fingerprint density at radius 3 is 2.47 bits per heavy atom. The lowest BCUT2D eigenvalue weighted by atomic mass is 10.0. The van der Waals surface area contributed by atoms with Gasteiger partial charge in [0.2, 0.25) is 0 Å². The molecule has 86 valence electrons. The molecular weight excluding hydrogens is 230 g/mol. The highest BCUT2D eigenvalue weighted by atomic mass is 32.1. The first-order valence-electron chi connectivity index (χ1n) is 5.31. The summed E-state index contributed by atoms with van der Waals surface area (Å²) >= 11 is 1.49. The first kappa shape index (κ1) is 11.7. The van der Waals surface area contributed by atoms with Crippen molar-refractivity contribution in [3.8, 4) is 22.3 Å². The van der Waals surface area contributed by atoms with Crippen LogP contribution in [0.5, 0.6) is 5.75 Å². The highest BCUT2D eigenvalue weighted by Gasteiger charge is 2.10.